The first-order valence-electron chi connectivity index (χ1n) is 14.5. The predicted octanol–water partition coefficient (Wildman–Crippen LogP) is 5.48. The Balaban J connectivity index is 1.83. The number of nitrogens with one attached hydrogen (secondary N) is 1. The second-order valence-electron chi connectivity index (χ2n) is 11.7. The monoisotopic (exact) mass is 646 g/mol. The Labute approximate surface area is 267 Å². The SMILES string of the molecule is CC(C)(C)NC(=O)[C@H](Cc1ccccc1)N(Cc1ccccc1F)C(=O)CN(c1ccc([N+](=O)[O-])cc1)S(=O)(=O)c1ccccc1. The average molecular weight is 647 g/mol. The first kappa shape index (κ1) is 33.8. The van der Waals surface area contributed by atoms with Crippen LogP contribution in [0.4, 0.5) is 15.8 Å². The largest absolute Gasteiger partial charge is 0.350 e. The Bertz CT molecular complexity index is 1780. The Hall–Kier alpha value is -5.10. The molecule has 0 saturated carbocycles. The van der Waals surface area contributed by atoms with Crippen LogP contribution in [-0.2, 0) is 32.6 Å². The molecule has 0 aliphatic rings. The van der Waals surface area contributed by atoms with Gasteiger partial charge in [-0.05, 0) is 56.7 Å². The number of hydrogen-bond acceptors (Lipinski definition) is 6. The van der Waals surface area contributed by atoms with E-state index in [-0.39, 0.29) is 34.8 Å². The summed E-state index contributed by atoms with van der Waals surface area (Å²) in [6.45, 7) is 4.25. The number of rotatable bonds is 12. The van der Waals surface area contributed by atoms with Gasteiger partial charge in [0.15, 0.2) is 0 Å². The van der Waals surface area contributed by atoms with E-state index in [4.69, 9.17) is 0 Å². The molecule has 4 rings (SSSR count). The fourth-order valence-electron chi connectivity index (χ4n) is 4.81. The molecule has 10 nitrogen and oxygen atoms in total. The van der Waals surface area contributed by atoms with E-state index in [0.717, 1.165) is 22.0 Å². The maximum Gasteiger partial charge on any atom is 0.269 e. The number of sulfonamides is 1. The minimum Gasteiger partial charge on any atom is -0.350 e. The summed E-state index contributed by atoms with van der Waals surface area (Å²) < 4.78 is 43.8. The van der Waals surface area contributed by atoms with Crippen molar-refractivity contribution in [1.82, 2.24) is 10.2 Å². The molecule has 0 saturated heterocycles. The van der Waals surface area contributed by atoms with E-state index >= 15 is 4.39 Å². The van der Waals surface area contributed by atoms with Crippen LogP contribution in [0.3, 0.4) is 0 Å². The number of anilines is 1. The van der Waals surface area contributed by atoms with Crippen molar-refractivity contribution in [3.05, 3.63) is 136 Å². The summed E-state index contributed by atoms with van der Waals surface area (Å²) in [6.07, 6.45) is 0.0614. The minimum atomic E-state index is -4.39. The second-order valence-corrected chi connectivity index (χ2v) is 13.5. The normalized spacial score (nSPS) is 12.2. The van der Waals surface area contributed by atoms with Crippen molar-refractivity contribution < 1.29 is 27.3 Å². The van der Waals surface area contributed by atoms with Crippen molar-refractivity contribution in [3.63, 3.8) is 0 Å². The number of carbonyl (C=O) groups is 2. The quantitative estimate of drug-likeness (QED) is 0.160. The zero-order chi connectivity index (χ0) is 33.5. The van der Waals surface area contributed by atoms with Gasteiger partial charge < -0.3 is 10.2 Å². The van der Waals surface area contributed by atoms with Gasteiger partial charge in [-0.15, -0.1) is 0 Å². The van der Waals surface area contributed by atoms with E-state index in [9.17, 15) is 28.1 Å². The fourth-order valence-corrected chi connectivity index (χ4v) is 6.24. The highest BCUT2D eigenvalue weighted by molar-refractivity contribution is 7.92. The van der Waals surface area contributed by atoms with Gasteiger partial charge in [-0.25, -0.2) is 12.8 Å². The molecule has 0 spiro atoms. The van der Waals surface area contributed by atoms with Gasteiger partial charge >= 0.3 is 0 Å². The minimum absolute atomic E-state index is 0.00704. The molecule has 4 aromatic carbocycles. The predicted molar refractivity (Wildman–Crippen MR) is 173 cm³/mol. The molecule has 1 atom stereocenters. The van der Waals surface area contributed by atoms with Crippen LogP contribution in [0, 0.1) is 15.9 Å². The van der Waals surface area contributed by atoms with Crippen LogP contribution < -0.4 is 9.62 Å². The molecule has 2 amide bonds. The lowest BCUT2D eigenvalue weighted by Crippen LogP contribution is -2.56. The first-order chi connectivity index (χ1) is 21.8. The van der Waals surface area contributed by atoms with Gasteiger partial charge in [0.05, 0.1) is 15.5 Å². The second kappa shape index (κ2) is 14.3. The van der Waals surface area contributed by atoms with Gasteiger partial charge in [-0.2, -0.15) is 0 Å². The molecule has 0 unspecified atom stereocenters. The number of nitro groups is 1. The van der Waals surface area contributed by atoms with E-state index < -0.39 is 50.7 Å². The van der Waals surface area contributed by atoms with Crippen LogP contribution in [0.2, 0.25) is 0 Å². The molecule has 0 bridgehead atoms. The molecule has 0 radical (unpaired) electrons. The number of non-ortho nitro benzene ring substituents is 1. The summed E-state index contributed by atoms with van der Waals surface area (Å²) in [4.78, 5) is 40.0. The molecular weight excluding hydrogens is 611 g/mol. The van der Waals surface area contributed by atoms with E-state index in [1.807, 2.05) is 6.07 Å². The molecule has 1 N–H and O–H groups in total. The van der Waals surface area contributed by atoms with Crippen LogP contribution in [0.5, 0.6) is 0 Å². The molecule has 0 aliphatic carbocycles. The average Bonchev–Trinajstić information content (AvgIpc) is 3.02. The maximum atomic E-state index is 15.0. The molecule has 0 aromatic heterocycles. The van der Waals surface area contributed by atoms with Crippen molar-refractivity contribution in [3.8, 4) is 0 Å². The van der Waals surface area contributed by atoms with Crippen LogP contribution in [0.25, 0.3) is 0 Å². The first-order valence-corrected chi connectivity index (χ1v) is 15.9. The highest BCUT2D eigenvalue weighted by Crippen LogP contribution is 2.27. The Morgan fingerprint density at radius 1 is 0.870 bits per heavy atom. The van der Waals surface area contributed by atoms with Gasteiger partial charge in [0, 0.05) is 36.2 Å². The molecule has 46 heavy (non-hydrogen) atoms. The van der Waals surface area contributed by atoms with E-state index in [1.54, 1.807) is 57.2 Å². The lowest BCUT2D eigenvalue weighted by molar-refractivity contribution is -0.384. The Kier molecular flexibility index (Phi) is 10.5. The molecule has 0 aliphatic heterocycles. The number of benzene rings is 4. The number of hydrogen-bond donors (Lipinski definition) is 1. The fraction of sp³-hybridized carbons (Fsp3) is 0.235. The van der Waals surface area contributed by atoms with E-state index in [2.05, 4.69) is 5.32 Å². The highest BCUT2D eigenvalue weighted by Gasteiger charge is 2.36. The Morgan fingerprint density at radius 3 is 2.00 bits per heavy atom. The maximum absolute atomic E-state index is 15.0. The van der Waals surface area contributed by atoms with Crippen molar-refractivity contribution in [1.29, 1.82) is 0 Å². The van der Waals surface area contributed by atoms with Crippen LogP contribution in [-0.4, -0.2) is 48.2 Å². The third kappa shape index (κ3) is 8.54. The van der Waals surface area contributed by atoms with Crippen LogP contribution in [0.15, 0.2) is 114 Å². The summed E-state index contributed by atoms with van der Waals surface area (Å²) >= 11 is 0. The third-order valence-electron chi connectivity index (χ3n) is 7.03. The number of nitrogens with zero attached hydrogens (tertiary/aromatic N) is 3. The summed E-state index contributed by atoms with van der Waals surface area (Å²) in [5.41, 5.74) is -0.0972. The van der Waals surface area contributed by atoms with Crippen LogP contribution in [0.1, 0.15) is 31.9 Å². The van der Waals surface area contributed by atoms with E-state index in [0.29, 0.717) is 0 Å². The molecule has 240 valence electrons. The van der Waals surface area contributed by atoms with Crippen molar-refractivity contribution in [2.75, 3.05) is 10.8 Å². The molecule has 0 fully saturated rings. The van der Waals surface area contributed by atoms with Crippen molar-refractivity contribution in [2.24, 2.45) is 0 Å². The van der Waals surface area contributed by atoms with Crippen molar-refractivity contribution in [2.45, 2.75) is 50.2 Å². The van der Waals surface area contributed by atoms with Gasteiger partial charge in [0.25, 0.3) is 15.7 Å². The summed E-state index contributed by atoms with van der Waals surface area (Å²) in [5.74, 6) is -1.89. The molecule has 0 heterocycles. The molecule has 4 aromatic rings. The summed E-state index contributed by atoms with van der Waals surface area (Å²) in [7, 11) is -4.39. The van der Waals surface area contributed by atoms with Crippen molar-refractivity contribution >= 4 is 33.2 Å². The number of carbonyl (C=O) groups excluding carboxylic acids is 2. The van der Waals surface area contributed by atoms with Gasteiger partial charge in [-0.3, -0.25) is 24.0 Å². The third-order valence-corrected chi connectivity index (χ3v) is 8.81. The standard InChI is InChI=1S/C34H35FN4O6S/c1-34(2,3)36-33(41)31(22-25-12-6-4-7-13-25)37(23-26-14-10-11-17-30(26)35)32(40)24-38(27-18-20-28(21-19-27)39(42)43)46(44,45)29-15-8-5-9-16-29/h4-21,31H,22-24H2,1-3H3,(H,36,41)/t31-/m0/s1. The highest BCUT2D eigenvalue weighted by atomic mass is 32.2. The summed E-state index contributed by atoms with van der Waals surface area (Å²) in [6, 6.07) is 25.8. The Morgan fingerprint density at radius 2 is 1.43 bits per heavy atom. The van der Waals surface area contributed by atoms with Gasteiger partial charge in [0.2, 0.25) is 11.8 Å². The topological polar surface area (TPSA) is 130 Å². The zero-order valence-corrected chi connectivity index (χ0v) is 26.5. The number of nitro benzene ring substituents is 1. The lowest BCUT2D eigenvalue weighted by Gasteiger charge is -2.35. The number of amides is 2. The van der Waals surface area contributed by atoms with E-state index in [1.165, 1.54) is 59.5 Å². The van der Waals surface area contributed by atoms with Gasteiger partial charge in [-0.1, -0.05) is 66.7 Å². The van der Waals surface area contributed by atoms with Gasteiger partial charge in [0.1, 0.15) is 18.4 Å². The zero-order valence-electron chi connectivity index (χ0n) is 25.7. The lowest BCUT2D eigenvalue weighted by atomic mass is 10.0. The summed E-state index contributed by atoms with van der Waals surface area (Å²) in [5, 5.41) is 14.2. The molecular formula is C34H35FN4O6S. The molecule has 12 heteroatoms. The van der Waals surface area contributed by atoms with Crippen LogP contribution >= 0.6 is 0 Å². The smallest absolute Gasteiger partial charge is 0.269 e. The number of halogens is 1.